The van der Waals surface area contributed by atoms with Crippen LogP contribution in [0.4, 0.5) is 46.5 Å². The highest BCUT2D eigenvalue weighted by atomic mass is 15.1. The summed E-state index contributed by atoms with van der Waals surface area (Å²) in [5.41, 5.74) is 25.5. The molecule has 1 aliphatic carbocycles. The molecular formula is C92H116N14. The van der Waals surface area contributed by atoms with Crippen LogP contribution in [0.2, 0.25) is 0 Å². The number of nitrogens with zero attached hydrogens (tertiary/aromatic N) is 10. The average molecular weight is 1420 g/mol. The van der Waals surface area contributed by atoms with E-state index in [0.29, 0.717) is 23.8 Å². The predicted octanol–water partition coefficient (Wildman–Crippen LogP) is 26.1. The van der Waals surface area contributed by atoms with E-state index in [1.807, 2.05) is 176 Å². The van der Waals surface area contributed by atoms with Gasteiger partial charge in [0.25, 0.3) is 0 Å². The van der Waals surface area contributed by atoms with E-state index in [1.165, 1.54) is 61.0 Å². The molecule has 106 heavy (non-hydrogen) atoms. The molecule has 1 aliphatic rings. The second kappa shape index (κ2) is 47.7. The van der Waals surface area contributed by atoms with Crippen molar-refractivity contribution in [3.63, 3.8) is 0 Å². The maximum absolute atomic E-state index is 4.76. The molecule has 13 aromatic rings. The van der Waals surface area contributed by atoms with Crippen LogP contribution in [-0.4, -0.2) is 49.4 Å². The first-order valence-electron chi connectivity index (χ1n) is 37.8. The van der Waals surface area contributed by atoms with Gasteiger partial charge < -0.3 is 25.8 Å². The fourth-order valence-corrected chi connectivity index (χ4v) is 10.6. The molecule has 0 spiro atoms. The van der Waals surface area contributed by atoms with Crippen molar-refractivity contribution in [2.45, 2.75) is 172 Å². The normalized spacial score (nSPS) is 9.99. The van der Waals surface area contributed by atoms with E-state index in [0.717, 1.165) is 86.3 Å². The van der Waals surface area contributed by atoms with Gasteiger partial charge in [-0.3, -0.25) is 4.98 Å². The summed E-state index contributed by atoms with van der Waals surface area (Å²) in [5, 5.41) is 14.5. The van der Waals surface area contributed by atoms with Crippen LogP contribution in [0.25, 0.3) is 62.0 Å². The third-order valence-electron chi connectivity index (χ3n) is 15.7. The summed E-state index contributed by atoms with van der Waals surface area (Å²) in [6.07, 6.45) is 18.2. The third-order valence-corrected chi connectivity index (χ3v) is 15.7. The molecule has 554 valence electrons. The minimum atomic E-state index is 0.588. The van der Waals surface area contributed by atoms with E-state index in [-0.39, 0.29) is 0 Å². The molecule has 7 aromatic carbocycles. The Hall–Kier alpha value is -11.5. The van der Waals surface area contributed by atoms with Crippen molar-refractivity contribution in [3.05, 3.63) is 287 Å². The Kier molecular flexibility index (Phi) is 39.1. The monoisotopic (exact) mass is 1420 g/mol. The van der Waals surface area contributed by atoms with Crippen LogP contribution in [0.5, 0.6) is 0 Å². The van der Waals surface area contributed by atoms with Crippen molar-refractivity contribution >= 4 is 63.5 Å². The highest BCUT2D eigenvalue weighted by Gasteiger charge is 2.15. The predicted molar refractivity (Wildman–Crippen MR) is 458 cm³/mol. The Labute approximate surface area is 635 Å². The maximum atomic E-state index is 4.76. The number of benzene rings is 7. The van der Waals surface area contributed by atoms with Gasteiger partial charge in [0.2, 0.25) is 23.8 Å². The second-order valence-corrected chi connectivity index (χ2v) is 22.8. The van der Waals surface area contributed by atoms with E-state index >= 15 is 0 Å². The topological polar surface area (TPSA) is 169 Å². The van der Waals surface area contributed by atoms with Gasteiger partial charge in [0.15, 0.2) is 0 Å². The van der Waals surface area contributed by atoms with Gasteiger partial charge in [-0.05, 0) is 197 Å². The summed E-state index contributed by atoms with van der Waals surface area (Å²) in [6.45, 7) is 47.7. The summed E-state index contributed by atoms with van der Waals surface area (Å²) >= 11 is 0. The number of nitrogens with one attached hydrogen (secondary N) is 4. The zero-order valence-corrected chi connectivity index (χ0v) is 67.4. The van der Waals surface area contributed by atoms with Gasteiger partial charge in [-0.2, -0.15) is 0 Å². The molecule has 0 saturated carbocycles. The number of rotatable bonds is 13. The largest absolute Gasteiger partial charge is 0.348 e. The van der Waals surface area contributed by atoms with Gasteiger partial charge >= 0.3 is 0 Å². The van der Waals surface area contributed by atoms with Crippen molar-refractivity contribution in [2.75, 3.05) is 21.3 Å². The van der Waals surface area contributed by atoms with Crippen molar-refractivity contribution < 1.29 is 0 Å². The number of hydrogen-bond donors (Lipinski definition) is 4. The fraction of sp³-hybridized carbons (Fsp3) is 0.272. The van der Waals surface area contributed by atoms with Gasteiger partial charge in [-0.1, -0.05) is 218 Å². The number of aromatic nitrogens is 10. The molecule has 0 saturated heterocycles. The summed E-state index contributed by atoms with van der Waals surface area (Å²) in [4.78, 5) is 40.1. The van der Waals surface area contributed by atoms with Crippen LogP contribution < -0.4 is 21.3 Å². The van der Waals surface area contributed by atoms with E-state index in [2.05, 4.69) is 257 Å². The number of anilines is 8. The molecule has 0 aliphatic heterocycles. The van der Waals surface area contributed by atoms with Crippen molar-refractivity contribution in [1.29, 1.82) is 0 Å². The molecular weight excluding hydrogens is 1300 g/mol. The molecule has 0 amide bonds. The summed E-state index contributed by atoms with van der Waals surface area (Å²) < 4.78 is 2.25. The zero-order chi connectivity index (χ0) is 77.9. The van der Waals surface area contributed by atoms with Crippen LogP contribution in [-0.2, 0) is 13.0 Å². The molecule has 6 heterocycles. The Morgan fingerprint density at radius 2 is 0.726 bits per heavy atom. The lowest BCUT2D eigenvalue weighted by atomic mass is 10.0. The molecule has 14 heteroatoms. The van der Waals surface area contributed by atoms with E-state index in [9.17, 15) is 0 Å². The third kappa shape index (κ3) is 25.7. The first kappa shape index (κ1) is 86.9. The van der Waals surface area contributed by atoms with Crippen LogP contribution in [0, 0.1) is 55.4 Å². The van der Waals surface area contributed by atoms with Crippen molar-refractivity contribution in [1.82, 2.24) is 49.4 Å². The van der Waals surface area contributed by atoms with Gasteiger partial charge in [-0.15, -0.1) is 0 Å². The Balaban J connectivity index is 0.000000283. The molecule has 6 aromatic heterocycles. The number of fused-ring (bicyclic) bond motifs is 2. The smallest absolute Gasteiger partial charge is 0.227 e. The number of hydrogen-bond acceptors (Lipinski definition) is 13. The molecule has 0 bridgehead atoms. The molecule has 4 N–H and O–H groups in total. The molecule has 14 rings (SSSR count). The number of aryl methyl sites for hydroxylation is 9. The van der Waals surface area contributed by atoms with Gasteiger partial charge in [-0.25, -0.2) is 39.9 Å². The zero-order valence-electron chi connectivity index (χ0n) is 67.4. The molecule has 14 nitrogen and oxygen atoms in total. The Morgan fingerprint density at radius 3 is 1.14 bits per heavy atom. The van der Waals surface area contributed by atoms with Crippen molar-refractivity contribution in [2.24, 2.45) is 0 Å². The summed E-state index contributed by atoms with van der Waals surface area (Å²) in [6, 6.07) is 61.9. The fourth-order valence-electron chi connectivity index (χ4n) is 10.6. The van der Waals surface area contributed by atoms with Crippen LogP contribution >= 0.6 is 0 Å². The molecule has 0 fully saturated rings. The Bertz CT molecular complexity index is 4580. The van der Waals surface area contributed by atoms with Gasteiger partial charge in [0, 0.05) is 106 Å². The lowest BCUT2D eigenvalue weighted by Gasteiger charge is -2.11. The van der Waals surface area contributed by atoms with Gasteiger partial charge in [0.05, 0.1) is 22.8 Å². The van der Waals surface area contributed by atoms with Crippen molar-refractivity contribution in [3.8, 4) is 45.0 Å². The van der Waals surface area contributed by atoms with E-state index in [4.69, 9.17) is 9.97 Å². The van der Waals surface area contributed by atoms with Crippen LogP contribution in [0.15, 0.2) is 231 Å². The minimum absolute atomic E-state index is 0.588. The first-order valence-corrected chi connectivity index (χ1v) is 37.8. The SMILES string of the molecule is CC.CC.CC.CC.CC.CC.CC.CCn1ccc2c(-c3ccnc(Nc4cc(C)ccc4C)n3)cccc21.Cc1ccc(C)c(Nc2nccc(-c3cccc4c3C=CC4)n2)c1.Cc1ccc(C)c(Nc2nccc(-c3ccccc3)n2)c1.Cc1ccc(C)c(Nc2nccc(-c3cccnc3)n2)c1. The standard InChI is InChI=1S/C22H22N4.C21H19N3.C18H17N3.C17H16N4.7C2H6/c1-4-26-13-11-18-17(6-5-7-21(18)26)19-10-12-23-22(24-19)25-20-14-15(2)8-9-16(20)3;1-14-9-10-15(2)20(13-14)24-21-22-12-11-19(23-21)18-8-4-6-16-5-3-7-17(16)18;1-13-8-9-14(2)17(12-13)21-18-19-11-10-16(20-18)15-6-4-3-5-7-15;1-12-5-6-13(2)16(10-12)21-17-19-9-7-15(20-17)14-4-3-8-18-11-14;7*1-2/h5-14H,4H2,1-3H3,(H,23,24,25);3-4,6-13H,5H2,1-2H3,(H,22,23,24);3-12H,1-2H3,(H,19,20,21);3-11H,1-2H3,(H,19,20,21);7*1-2H3. The summed E-state index contributed by atoms with van der Waals surface area (Å²) in [7, 11) is 0. The quantitative estimate of drug-likeness (QED) is 0.0861. The molecule has 0 radical (unpaired) electrons. The molecule has 0 unspecified atom stereocenters. The second-order valence-electron chi connectivity index (χ2n) is 22.8. The van der Waals surface area contributed by atoms with E-state index < -0.39 is 0 Å². The van der Waals surface area contributed by atoms with Gasteiger partial charge in [0.1, 0.15) is 0 Å². The minimum Gasteiger partial charge on any atom is -0.348 e. The first-order chi connectivity index (χ1) is 51.8. The number of pyridine rings is 1. The highest BCUT2D eigenvalue weighted by Crippen LogP contribution is 2.33. The van der Waals surface area contributed by atoms with Crippen LogP contribution in [0.3, 0.4) is 0 Å². The maximum Gasteiger partial charge on any atom is 0.227 e. The lowest BCUT2D eigenvalue weighted by Crippen LogP contribution is -2.00. The number of allylic oxidation sites excluding steroid dienone is 1. The summed E-state index contributed by atoms with van der Waals surface area (Å²) in [5.74, 6) is 2.44. The van der Waals surface area contributed by atoms with E-state index in [1.54, 1.807) is 24.8 Å². The molecule has 0 atom stereocenters. The highest BCUT2D eigenvalue weighted by molar-refractivity contribution is 5.95. The average Bonchev–Trinajstić information content (AvgIpc) is 1.60. The Morgan fingerprint density at radius 1 is 0.349 bits per heavy atom. The van der Waals surface area contributed by atoms with Crippen LogP contribution in [0.1, 0.15) is 159 Å². The lowest BCUT2D eigenvalue weighted by molar-refractivity contribution is 0.798.